The van der Waals surface area contributed by atoms with Gasteiger partial charge in [-0.05, 0) is 54.1 Å². The number of Topliss-reactive ketones (excluding diaryl/α,β-unsaturated/α-hetero) is 1. The maximum Gasteiger partial charge on any atom is 0.416 e. The van der Waals surface area contributed by atoms with E-state index in [1.807, 2.05) is 0 Å². The van der Waals surface area contributed by atoms with Crippen LogP contribution >= 0.6 is 23.2 Å². The lowest BCUT2D eigenvalue weighted by molar-refractivity contribution is -0.137. The molecule has 174 valence electrons. The van der Waals surface area contributed by atoms with Gasteiger partial charge in [0.2, 0.25) is 0 Å². The number of methoxy groups -OCH3 is 1. The van der Waals surface area contributed by atoms with Crippen LogP contribution in [0, 0.1) is 0 Å². The van der Waals surface area contributed by atoms with Gasteiger partial charge in [0.25, 0.3) is 11.7 Å². The number of hydrogen-bond donors (Lipinski definition) is 1. The van der Waals surface area contributed by atoms with E-state index in [0.29, 0.717) is 33.5 Å². The van der Waals surface area contributed by atoms with Crippen LogP contribution in [0.3, 0.4) is 0 Å². The van der Waals surface area contributed by atoms with Gasteiger partial charge in [-0.2, -0.15) is 13.2 Å². The first-order valence-electron chi connectivity index (χ1n) is 9.76. The molecule has 0 fully saturated rings. The number of halogens is 5. The van der Waals surface area contributed by atoms with E-state index in [4.69, 9.17) is 27.9 Å². The van der Waals surface area contributed by atoms with Gasteiger partial charge in [-0.25, -0.2) is 0 Å². The van der Waals surface area contributed by atoms with Crippen LogP contribution in [0.2, 0.25) is 10.0 Å². The molecule has 0 saturated carbocycles. The summed E-state index contributed by atoms with van der Waals surface area (Å²) < 4.78 is 45.9. The Bertz CT molecular complexity index is 1430. The monoisotopic (exact) mass is 506 g/mol. The number of alkyl halides is 3. The predicted molar refractivity (Wildman–Crippen MR) is 124 cm³/mol. The van der Waals surface area contributed by atoms with E-state index in [0.717, 1.165) is 12.1 Å². The summed E-state index contributed by atoms with van der Waals surface area (Å²) in [5.74, 6) is -1.69. The molecule has 34 heavy (non-hydrogen) atoms. The third-order valence-electron chi connectivity index (χ3n) is 5.11. The van der Waals surface area contributed by atoms with Crippen LogP contribution in [0.1, 0.15) is 16.1 Å². The molecule has 2 heterocycles. The molecule has 0 saturated heterocycles. The molecule has 0 aliphatic heterocycles. The first-order chi connectivity index (χ1) is 16.1. The Morgan fingerprint density at radius 3 is 2.41 bits per heavy atom. The number of aromatic nitrogens is 1. The Kier molecular flexibility index (Phi) is 6.29. The van der Waals surface area contributed by atoms with Crippen molar-refractivity contribution in [3.63, 3.8) is 0 Å². The fourth-order valence-electron chi connectivity index (χ4n) is 3.49. The molecule has 2 aromatic heterocycles. The van der Waals surface area contributed by atoms with Gasteiger partial charge in [-0.15, -0.1) is 0 Å². The smallest absolute Gasteiger partial charge is 0.416 e. The van der Waals surface area contributed by atoms with E-state index < -0.39 is 23.4 Å². The zero-order valence-corrected chi connectivity index (χ0v) is 18.9. The standard InChI is InChI=1S/C24H15Cl2F3N2O3/c1-34-20-8-5-13(10-18(20)26)16-12-15-4-2-3-9-31(15)21(16)22(32)23(33)30-19-11-14(24(27,28)29)6-7-17(19)25/h2-12H,1H3,(H,30,33). The van der Waals surface area contributed by atoms with Crippen molar-refractivity contribution in [1.82, 2.24) is 4.40 Å². The number of hydrogen-bond acceptors (Lipinski definition) is 3. The predicted octanol–water partition coefficient (Wildman–Crippen LogP) is 6.76. The molecule has 0 aliphatic rings. The molecular formula is C24H15Cl2F3N2O3. The van der Waals surface area contributed by atoms with E-state index in [2.05, 4.69) is 5.32 Å². The minimum absolute atomic E-state index is 0.0115. The quantitative estimate of drug-likeness (QED) is 0.240. The molecule has 4 aromatic rings. The van der Waals surface area contributed by atoms with Gasteiger partial charge in [-0.1, -0.05) is 35.3 Å². The highest BCUT2D eigenvalue weighted by atomic mass is 35.5. The number of carbonyl (C=O) groups excluding carboxylic acids is 2. The summed E-state index contributed by atoms with van der Waals surface area (Å²) in [4.78, 5) is 26.1. The summed E-state index contributed by atoms with van der Waals surface area (Å²) in [5.41, 5.74) is 0.245. The highest BCUT2D eigenvalue weighted by molar-refractivity contribution is 6.48. The number of amides is 1. The normalized spacial score (nSPS) is 11.5. The summed E-state index contributed by atoms with van der Waals surface area (Å²) in [5, 5.41) is 2.36. The van der Waals surface area contributed by atoms with Gasteiger partial charge in [0.05, 0.1) is 28.4 Å². The average molecular weight is 507 g/mol. The SMILES string of the molecule is COc1ccc(-c2cc3ccccn3c2C(=O)C(=O)Nc2cc(C(F)(F)F)ccc2Cl)cc1Cl. The number of nitrogens with zero attached hydrogens (tertiary/aromatic N) is 1. The van der Waals surface area contributed by atoms with Crippen molar-refractivity contribution in [2.75, 3.05) is 12.4 Å². The van der Waals surface area contributed by atoms with E-state index >= 15 is 0 Å². The molecule has 10 heteroatoms. The van der Waals surface area contributed by atoms with Crippen LogP contribution in [-0.2, 0) is 11.0 Å². The molecule has 5 nitrogen and oxygen atoms in total. The van der Waals surface area contributed by atoms with Crippen molar-refractivity contribution in [3.05, 3.63) is 88.2 Å². The topological polar surface area (TPSA) is 59.8 Å². The van der Waals surface area contributed by atoms with Gasteiger partial charge < -0.3 is 14.5 Å². The molecule has 0 bridgehead atoms. The lowest BCUT2D eigenvalue weighted by Gasteiger charge is -2.12. The van der Waals surface area contributed by atoms with Crippen molar-refractivity contribution in [2.45, 2.75) is 6.18 Å². The minimum Gasteiger partial charge on any atom is -0.495 e. The number of ether oxygens (including phenoxy) is 1. The fourth-order valence-corrected chi connectivity index (χ4v) is 3.92. The summed E-state index contributed by atoms with van der Waals surface area (Å²) in [6, 6.07) is 14.2. The van der Waals surface area contributed by atoms with Crippen LogP contribution < -0.4 is 10.1 Å². The van der Waals surface area contributed by atoms with E-state index in [-0.39, 0.29) is 16.4 Å². The molecule has 1 amide bonds. The number of benzene rings is 2. The maximum absolute atomic E-state index is 13.3. The number of pyridine rings is 1. The zero-order valence-electron chi connectivity index (χ0n) is 17.4. The Morgan fingerprint density at radius 2 is 1.74 bits per heavy atom. The van der Waals surface area contributed by atoms with Crippen molar-refractivity contribution < 1.29 is 27.5 Å². The lowest BCUT2D eigenvalue weighted by Crippen LogP contribution is -2.25. The second-order valence-corrected chi connectivity index (χ2v) is 8.04. The number of rotatable bonds is 5. The number of nitrogens with one attached hydrogen (secondary N) is 1. The van der Waals surface area contributed by atoms with Gasteiger partial charge in [0.1, 0.15) is 11.4 Å². The highest BCUT2D eigenvalue weighted by Gasteiger charge is 2.32. The van der Waals surface area contributed by atoms with Gasteiger partial charge >= 0.3 is 6.18 Å². The van der Waals surface area contributed by atoms with E-state index in [9.17, 15) is 22.8 Å². The average Bonchev–Trinajstić information content (AvgIpc) is 3.18. The number of carbonyl (C=O) groups is 2. The summed E-state index contributed by atoms with van der Waals surface area (Å²) in [6.45, 7) is 0. The molecule has 0 spiro atoms. The van der Waals surface area contributed by atoms with E-state index in [1.54, 1.807) is 48.7 Å². The highest BCUT2D eigenvalue weighted by Crippen LogP contribution is 2.35. The molecule has 0 radical (unpaired) electrons. The molecule has 4 rings (SSSR count). The molecule has 1 N–H and O–H groups in total. The van der Waals surface area contributed by atoms with Gasteiger partial charge in [0.15, 0.2) is 0 Å². The molecule has 0 aliphatic carbocycles. The third-order valence-corrected chi connectivity index (χ3v) is 5.73. The second kappa shape index (κ2) is 9.04. The van der Waals surface area contributed by atoms with Crippen LogP contribution in [0.4, 0.5) is 18.9 Å². The Labute approximate surface area is 201 Å². The summed E-state index contributed by atoms with van der Waals surface area (Å²) >= 11 is 12.2. The van der Waals surface area contributed by atoms with Crippen LogP contribution in [0.15, 0.2) is 66.9 Å². The summed E-state index contributed by atoms with van der Waals surface area (Å²) in [6.07, 6.45) is -3.05. The zero-order chi connectivity index (χ0) is 24.6. The summed E-state index contributed by atoms with van der Waals surface area (Å²) in [7, 11) is 1.46. The number of ketones is 1. The molecule has 2 aromatic carbocycles. The van der Waals surface area contributed by atoms with Crippen molar-refractivity contribution in [1.29, 1.82) is 0 Å². The lowest BCUT2D eigenvalue weighted by atomic mass is 10.0. The number of anilines is 1. The first kappa shape index (κ1) is 23.7. The minimum atomic E-state index is -4.65. The molecule has 0 atom stereocenters. The van der Waals surface area contributed by atoms with E-state index in [1.165, 1.54) is 11.5 Å². The maximum atomic E-state index is 13.3. The van der Waals surface area contributed by atoms with Crippen molar-refractivity contribution in [2.24, 2.45) is 0 Å². The number of fused-ring (bicyclic) bond motifs is 1. The Balaban J connectivity index is 1.77. The third kappa shape index (κ3) is 4.47. The van der Waals surface area contributed by atoms with Crippen molar-refractivity contribution >= 4 is 46.1 Å². The fraction of sp³-hybridized carbons (Fsp3) is 0.0833. The van der Waals surface area contributed by atoms with Crippen molar-refractivity contribution in [3.8, 4) is 16.9 Å². The Hall–Kier alpha value is -3.49. The Morgan fingerprint density at radius 1 is 0.971 bits per heavy atom. The molecular weight excluding hydrogens is 492 g/mol. The molecule has 0 unspecified atom stereocenters. The first-order valence-corrected chi connectivity index (χ1v) is 10.5. The van der Waals surface area contributed by atoms with Crippen LogP contribution in [0.25, 0.3) is 16.6 Å². The van der Waals surface area contributed by atoms with Gasteiger partial charge in [0, 0.05) is 17.3 Å². The second-order valence-electron chi connectivity index (χ2n) is 7.23. The largest absolute Gasteiger partial charge is 0.495 e. The van der Waals surface area contributed by atoms with Crippen LogP contribution in [0.5, 0.6) is 5.75 Å². The van der Waals surface area contributed by atoms with Crippen LogP contribution in [-0.4, -0.2) is 23.2 Å². The van der Waals surface area contributed by atoms with Gasteiger partial charge in [-0.3, -0.25) is 9.59 Å².